The van der Waals surface area contributed by atoms with Crippen molar-refractivity contribution in [3.8, 4) is 11.5 Å². The Morgan fingerprint density at radius 1 is 0.545 bits per heavy atom. The van der Waals surface area contributed by atoms with Gasteiger partial charge in [-0.05, 0) is 70.5 Å². The van der Waals surface area contributed by atoms with E-state index in [1.165, 1.54) is 11.1 Å². The molecular weight excluding hydrogens is 414 g/mol. The average Bonchev–Trinajstić information content (AvgIpc) is 2.72. The molecule has 0 radical (unpaired) electrons. The van der Waals surface area contributed by atoms with Gasteiger partial charge >= 0.3 is 0 Å². The summed E-state index contributed by atoms with van der Waals surface area (Å²) in [5, 5.41) is 0. The van der Waals surface area contributed by atoms with E-state index >= 15 is 0 Å². The quantitative estimate of drug-likeness (QED) is 0.282. The van der Waals surface area contributed by atoms with E-state index in [9.17, 15) is 0 Å². The normalized spacial score (nSPS) is 12.2. The van der Waals surface area contributed by atoms with Crippen LogP contribution in [0.4, 0.5) is 17.1 Å². The maximum absolute atomic E-state index is 3.47. The highest BCUT2D eigenvalue weighted by Crippen LogP contribution is 2.37. The average molecular weight is 454 g/mol. The molecule has 0 amide bonds. The molecule has 0 atom stereocenters. The third-order valence-corrected chi connectivity index (χ3v) is 6.57. The summed E-state index contributed by atoms with van der Waals surface area (Å²) in [6, 6.07) is 26.6. The Morgan fingerprint density at radius 2 is 0.879 bits per heavy atom. The fourth-order valence-electron chi connectivity index (χ4n) is 3.62. The summed E-state index contributed by atoms with van der Waals surface area (Å²) in [6.07, 6.45) is 0. The van der Waals surface area contributed by atoms with Crippen LogP contribution in [0.5, 0.6) is 0 Å². The lowest BCUT2D eigenvalue weighted by molar-refractivity contribution is 0.590. The molecule has 0 aromatic heterocycles. The van der Waals surface area contributed by atoms with Crippen molar-refractivity contribution in [2.45, 2.75) is 72.0 Å². The van der Waals surface area contributed by atoms with Crippen LogP contribution < -0.4 is 4.90 Å². The topological polar surface area (TPSA) is 3.24 Å². The van der Waals surface area contributed by atoms with Gasteiger partial charge in [-0.15, -0.1) is 5.54 Å². The highest BCUT2D eigenvalue weighted by Gasteiger charge is 2.18. The SMILES string of the molecule is CC(C)(C)c1ccc(N(c2ccc(C#C[Si](C)(C)C)cc2)c2ccc(C(C)(C)C)cc2)cc1. The van der Waals surface area contributed by atoms with E-state index in [2.05, 4.69) is 150 Å². The predicted molar refractivity (Wildman–Crippen MR) is 149 cm³/mol. The fourth-order valence-corrected chi connectivity index (χ4v) is 4.14. The molecule has 1 nitrogen and oxygen atoms in total. The molecule has 0 aliphatic rings. The molecule has 3 aromatic rings. The number of benzene rings is 3. The first-order valence-electron chi connectivity index (χ1n) is 11.9. The fraction of sp³-hybridized carbons (Fsp3) is 0.355. The predicted octanol–water partition coefficient (Wildman–Crippen LogP) is 8.98. The maximum atomic E-state index is 3.47. The second-order valence-electron chi connectivity index (χ2n) is 12.0. The van der Waals surface area contributed by atoms with E-state index in [1.807, 2.05) is 0 Å². The van der Waals surface area contributed by atoms with Crippen molar-refractivity contribution in [1.29, 1.82) is 0 Å². The molecule has 0 fully saturated rings. The summed E-state index contributed by atoms with van der Waals surface area (Å²) in [7, 11) is -1.39. The van der Waals surface area contributed by atoms with E-state index in [-0.39, 0.29) is 10.8 Å². The molecular formula is C31H39NSi. The summed E-state index contributed by atoms with van der Waals surface area (Å²) >= 11 is 0. The van der Waals surface area contributed by atoms with Crippen molar-refractivity contribution in [2.24, 2.45) is 0 Å². The lowest BCUT2D eigenvalue weighted by atomic mass is 9.86. The van der Waals surface area contributed by atoms with Gasteiger partial charge in [-0.1, -0.05) is 91.4 Å². The molecule has 0 unspecified atom stereocenters. The van der Waals surface area contributed by atoms with Gasteiger partial charge < -0.3 is 4.90 Å². The molecule has 0 aliphatic carbocycles. The maximum Gasteiger partial charge on any atom is 0.129 e. The standard InChI is InChI=1S/C31H39NSi/c1-30(2,3)25-12-18-28(19-13-25)32(29-20-14-26(15-21-29)31(4,5)6)27-16-10-24(11-17-27)22-23-33(7,8)9/h10-21H,1-9H3. The first-order valence-corrected chi connectivity index (χ1v) is 15.4. The van der Waals surface area contributed by atoms with Gasteiger partial charge in [-0.25, -0.2) is 0 Å². The zero-order chi connectivity index (χ0) is 24.4. The minimum atomic E-state index is -1.39. The Bertz CT molecular complexity index is 1060. The summed E-state index contributed by atoms with van der Waals surface area (Å²) in [5.74, 6) is 3.37. The molecule has 2 heteroatoms. The summed E-state index contributed by atoms with van der Waals surface area (Å²) < 4.78 is 0. The van der Waals surface area contributed by atoms with E-state index in [1.54, 1.807) is 0 Å². The molecule has 0 spiro atoms. The van der Waals surface area contributed by atoms with Crippen LogP contribution in [0.3, 0.4) is 0 Å². The number of rotatable bonds is 3. The van der Waals surface area contributed by atoms with Gasteiger partial charge in [-0.2, -0.15) is 0 Å². The van der Waals surface area contributed by atoms with E-state index in [0.29, 0.717) is 0 Å². The van der Waals surface area contributed by atoms with Crippen LogP contribution in [0.1, 0.15) is 58.2 Å². The third-order valence-electron chi connectivity index (χ3n) is 5.69. The number of anilines is 3. The zero-order valence-corrected chi connectivity index (χ0v) is 22.9. The van der Waals surface area contributed by atoms with Crippen molar-refractivity contribution in [2.75, 3.05) is 4.90 Å². The van der Waals surface area contributed by atoms with Crippen LogP contribution in [-0.4, -0.2) is 8.07 Å². The molecule has 0 N–H and O–H groups in total. The first kappa shape index (κ1) is 24.9. The highest BCUT2D eigenvalue weighted by molar-refractivity contribution is 6.83. The van der Waals surface area contributed by atoms with Gasteiger partial charge in [-0.3, -0.25) is 0 Å². The second-order valence-corrected chi connectivity index (χ2v) is 16.7. The minimum Gasteiger partial charge on any atom is -0.311 e. The van der Waals surface area contributed by atoms with Gasteiger partial charge in [0.2, 0.25) is 0 Å². The Balaban J connectivity index is 2.05. The lowest BCUT2D eigenvalue weighted by Crippen LogP contribution is -2.16. The Kier molecular flexibility index (Phi) is 6.96. The smallest absolute Gasteiger partial charge is 0.129 e. The summed E-state index contributed by atoms with van der Waals surface area (Å²) in [4.78, 5) is 2.33. The summed E-state index contributed by atoms with van der Waals surface area (Å²) in [6.45, 7) is 20.4. The number of nitrogens with zero attached hydrogens (tertiary/aromatic N) is 1. The number of hydrogen-bond acceptors (Lipinski definition) is 1. The third kappa shape index (κ3) is 6.62. The van der Waals surface area contributed by atoms with Crippen LogP contribution in [-0.2, 0) is 10.8 Å². The van der Waals surface area contributed by atoms with Gasteiger partial charge in [0.1, 0.15) is 8.07 Å². The largest absolute Gasteiger partial charge is 0.311 e. The highest BCUT2D eigenvalue weighted by atomic mass is 28.3. The van der Waals surface area contributed by atoms with Crippen LogP contribution in [0.25, 0.3) is 0 Å². The van der Waals surface area contributed by atoms with Crippen LogP contribution in [0.2, 0.25) is 19.6 Å². The molecule has 0 bridgehead atoms. The lowest BCUT2D eigenvalue weighted by Gasteiger charge is -2.28. The van der Waals surface area contributed by atoms with E-state index in [0.717, 1.165) is 22.6 Å². The Hall–Kier alpha value is -2.76. The van der Waals surface area contributed by atoms with Crippen molar-refractivity contribution >= 4 is 25.1 Å². The molecule has 0 heterocycles. The van der Waals surface area contributed by atoms with E-state index < -0.39 is 8.07 Å². The van der Waals surface area contributed by atoms with Crippen LogP contribution in [0.15, 0.2) is 72.8 Å². The first-order chi connectivity index (χ1) is 15.2. The zero-order valence-electron chi connectivity index (χ0n) is 21.9. The molecule has 0 saturated carbocycles. The van der Waals surface area contributed by atoms with Crippen molar-refractivity contribution in [3.05, 3.63) is 89.5 Å². The molecule has 33 heavy (non-hydrogen) atoms. The van der Waals surface area contributed by atoms with Gasteiger partial charge in [0, 0.05) is 22.6 Å². The van der Waals surface area contributed by atoms with E-state index in [4.69, 9.17) is 0 Å². The Morgan fingerprint density at radius 3 is 1.18 bits per heavy atom. The number of hydrogen-bond donors (Lipinski definition) is 0. The van der Waals surface area contributed by atoms with Gasteiger partial charge in [0.25, 0.3) is 0 Å². The van der Waals surface area contributed by atoms with Gasteiger partial charge in [0.05, 0.1) is 0 Å². The molecule has 0 saturated heterocycles. The van der Waals surface area contributed by atoms with Crippen molar-refractivity contribution in [1.82, 2.24) is 0 Å². The molecule has 3 rings (SSSR count). The molecule has 172 valence electrons. The minimum absolute atomic E-state index is 0.133. The summed E-state index contributed by atoms with van der Waals surface area (Å²) in [5.41, 5.74) is 10.9. The van der Waals surface area contributed by atoms with Crippen molar-refractivity contribution < 1.29 is 0 Å². The monoisotopic (exact) mass is 453 g/mol. The Labute approximate surface area is 202 Å². The van der Waals surface area contributed by atoms with Crippen LogP contribution >= 0.6 is 0 Å². The van der Waals surface area contributed by atoms with Crippen LogP contribution in [0, 0.1) is 11.5 Å². The van der Waals surface area contributed by atoms with Gasteiger partial charge in [0.15, 0.2) is 0 Å². The van der Waals surface area contributed by atoms with Crippen molar-refractivity contribution in [3.63, 3.8) is 0 Å². The second kappa shape index (κ2) is 9.24. The molecule has 3 aromatic carbocycles. The molecule has 0 aliphatic heterocycles.